The molecular weight excluding hydrogens is 320 g/mol. The van der Waals surface area contributed by atoms with Crippen LogP contribution in [0.3, 0.4) is 0 Å². The summed E-state index contributed by atoms with van der Waals surface area (Å²) in [5, 5.41) is 13.8. The lowest BCUT2D eigenvalue weighted by Gasteiger charge is -2.08. The zero-order chi connectivity index (χ0) is 17.0. The molecule has 0 bridgehead atoms. The molecule has 2 aromatic rings. The first kappa shape index (κ1) is 16.6. The van der Waals surface area contributed by atoms with Crippen molar-refractivity contribution in [2.75, 3.05) is 12.4 Å². The van der Waals surface area contributed by atoms with Crippen LogP contribution in [0.2, 0.25) is 0 Å². The van der Waals surface area contributed by atoms with Crippen molar-refractivity contribution in [3.05, 3.63) is 45.4 Å². The number of methoxy groups -OCH3 is 1. The minimum Gasteiger partial charge on any atom is -0.544 e. The smallest absolute Gasteiger partial charge is 0.339 e. The van der Waals surface area contributed by atoms with Gasteiger partial charge in [0.25, 0.3) is 0 Å². The molecule has 1 aromatic carbocycles. The Balaban J connectivity index is 2.13. The van der Waals surface area contributed by atoms with Gasteiger partial charge in [0.2, 0.25) is 5.91 Å². The summed E-state index contributed by atoms with van der Waals surface area (Å²) in [6.07, 6.45) is -0.103. The largest absolute Gasteiger partial charge is 0.544 e. The number of nitrogens with zero attached hydrogens (tertiary/aromatic N) is 1. The molecular formula is C15H13N2O5S-. The number of benzene rings is 1. The number of amides is 1. The number of carboxylic acids is 1. The van der Waals surface area contributed by atoms with Gasteiger partial charge in [-0.1, -0.05) is 12.1 Å². The van der Waals surface area contributed by atoms with Crippen molar-refractivity contribution in [2.24, 2.45) is 0 Å². The van der Waals surface area contributed by atoms with Crippen molar-refractivity contribution in [1.82, 2.24) is 4.98 Å². The Morgan fingerprint density at radius 2 is 2.00 bits per heavy atom. The summed E-state index contributed by atoms with van der Waals surface area (Å²) >= 11 is 0.896. The van der Waals surface area contributed by atoms with E-state index in [-0.39, 0.29) is 16.9 Å². The number of anilines is 1. The van der Waals surface area contributed by atoms with Crippen molar-refractivity contribution in [2.45, 2.75) is 13.3 Å². The highest BCUT2D eigenvalue weighted by Crippen LogP contribution is 2.20. The quantitative estimate of drug-likeness (QED) is 0.810. The Labute approximate surface area is 135 Å². The van der Waals surface area contributed by atoms with Gasteiger partial charge in [0.15, 0.2) is 0 Å². The Morgan fingerprint density at radius 3 is 2.61 bits per heavy atom. The Kier molecular flexibility index (Phi) is 5.07. The first-order valence-corrected chi connectivity index (χ1v) is 7.39. The highest BCUT2D eigenvalue weighted by molar-refractivity contribution is 7.13. The van der Waals surface area contributed by atoms with Crippen LogP contribution in [0.4, 0.5) is 5.69 Å². The minimum absolute atomic E-state index is 0.00256. The van der Waals surface area contributed by atoms with Crippen LogP contribution < -0.4 is 10.4 Å². The van der Waals surface area contributed by atoms with Crippen LogP contribution in [0.15, 0.2) is 24.3 Å². The van der Waals surface area contributed by atoms with Crippen LogP contribution in [0.5, 0.6) is 0 Å². The molecule has 7 nitrogen and oxygen atoms in total. The number of thiazole rings is 1. The van der Waals surface area contributed by atoms with Gasteiger partial charge in [-0.05, 0) is 19.1 Å². The first-order valence-electron chi connectivity index (χ1n) is 6.57. The monoisotopic (exact) mass is 333 g/mol. The van der Waals surface area contributed by atoms with Gasteiger partial charge in [0.1, 0.15) is 5.01 Å². The fraction of sp³-hybridized carbons (Fsp3) is 0.200. The van der Waals surface area contributed by atoms with E-state index in [1.165, 1.54) is 20.1 Å². The van der Waals surface area contributed by atoms with E-state index >= 15 is 0 Å². The van der Waals surface area contributed by atoms with E-state index in [9.17, 15) is 19.5 Å². The normalized spacial score (nSPS) is 10.2. The van der Waals surface area contributed by atoms with Crippen molar-refractivity contribution in [3.63, 3.8) is 0 Å². The molecule has 0 saturated heterocycles. The van der Waals surface area contributed by atoms with Gasteiger partial charge >= 0.3 is 5.97 Å². The summed E-state index contributed by atoms with van der Waals surface area (Å²) in [5.41, 5.74) is 0.861. The molecule has 23 heavy (non-hydrogen) atoms. The first-order chi connectivity index (χ1) is 10.9. The van der Waals surface area contributed by atoms with Crippen molar-refractivity contribution < 1.29 is 24.2 Å². The number of carbonyl (C=O) groups is 3. The summed E-state index contributed by atoms with van der Waals surface area (Å²) in [6, 6.07) is 6.43. The average molecular weight is 333 g/mol. The highest BCUT2D eigenvalue weighted by Gasteiger charge is 2.15. The van der Waals surface area contributed by atoms with E-state index in [1.807, 2.05) is 0 Å². The number of aromatic nitrogens is 1. The third-order valence-corrected chi connectivity index (χ3v) is 4.08. The van der Waals surface area contributed by atoms with E-state index in [0.717, 1.165) is 11.3 Å². The molecule has 1 N–H and O–H groups in total. The van der Waals surface area contributed by atoms with Gasteiger partial charge in [0, 0.05) is 0 Å². The van der Waals surface area contributed by atoms with E-state index in [2.05, 4.69) is 15.0 Å². The number of hydrogen-bond acceptors (Lipinski definition) is 7. The maximum absolute atomic E-state index is 12.1. The summed E-state index contributed by atoms with van der Waals surface area (Å²) < 4.78 is 4.65. The number of rotatable bonds is 5. The van der Waals surface area contributed by atoms with Crippen molar-refractivity contribution >= 4 is 34.9 Å². The third kappa shape index (κ3) is 3.92. The van der Waals surface area contributed by atoms with Crippen LogP contribution in [0, 0.1) is 6.92 Å². The predicted octanol–water partition coefficient (Wildman–Crippen LogP) is 0.783. The molecule has 8 heteroatoms. The molecule has 0 radical (unpaired) electrons. The summed E-state index contributed by atoms with van der Waals surface area (Å²) in [6.45, 7) is 1.54. The number of para-hydroxylation sites is 1. The number of ether oxygens (including phenoxy) is 1. The molecule has 1 heterocycles. The maximum Gasteiger partial charge on any atom is 0.339 e. The molecule has 2 rings (SSSR count). The number of aryl methyl sites for hydroxylation is 1. The summed E-state index contributed by atoms with van der Waals surface area (Å²) in [7, 11) is 1.25. The molecule has 120 valence electrons. The van der Waals surface area contributed by atoms with Gasteiger partial charge in [0.05, 0.1) is 41.3 Å². The zero-order valence-electron chi connectivity index (χ0n) is 12.4. The van der Waals surface area contributed by atoms with Gasteiger partial charge in [-0.2, -0.15) is 0 Å². The maximum atomic E-state index is 12.1. The third-order valence-electron chi connectivity index (χ3n) is 2.94. The SMILES string of the molecule is COC(=O)c1ccccc1NC(=O)Cc1nc(C)c(C(=O)[O-])s1. The fourth-order valence-corrected chi connectivity index (χ4v) is 2.83. The topological polar surface area (TPSA) is 108 Å². The minimum atomic E-state index is -1.32. The molecule has 0 saturated carbocycles. The van der Waals surface area contributed by atoms with Crippen LogP contribution >= 0.6 is 11.3 Å². The van der Waals surface area contributed by atoms with Crippen LogP contribution in [-0.4, -0.2) is 29.9 Å². The molecule has 0 spiro atoms. The van der Waals surface area contributed by atoms with Gasteiger partial charge in [-0.15, -0.1) is 11.3 Å². The van der Waals surface area contributed by atoms with E-state index in [0.29, 0.717) is 16.4 Å². The summed E-state index contributed by atoms with van der Waals surface area (Å²) in [5.74, 6) is -2.30. The van der Waals surface area contributed by atoms with E-state index < -0.39 is 17.8 Å². The molecule has 0 aliphatic carbocycles. The highest BCUT2D eigenvalue weighted by atomic mass is 32.1. The number of aromatic carboxylic acids is 1. The number of carboxylic acid groups (broad SMARTS) is 1. The number of esters is 1. The number of hydrogen-bond donors (Lipinski definition) is 1. The second-order valence-corrected chi connectivity index (χ2v) is 5.66. The number of carbonyl (C=O) groups excluding carboxylic acids is 3. The lowest BCUT2D eigenvalue weighted by Crippen LogP contribution is -2.21. The molecule has 0 atom stereocenters. The number of nitrogens with one attached hydrogen (secondary N) is 1. The van der Waals surface area contributed by atoms with Gasteiger partial charge < -0.3 is 20.0 Å². The van der Waals surface area contributed by atoms with Crippen LogP contribution in [0.25, 0.3) is 0 Å². The molecule has 0 aliphatic heterocycles. The molecule has 0 aliphatic rings. The van der Waals surface area contributed by atoms with Crippen LogP contribution in [-0.2, 0) is 16.0 Å². The van der Waals surface area contributed by atoms with E-state index in [1.54, 1.807) is 18.2 Å². The molecule has 1 amide bonds. The van der Waals surface area contributed by atoms with Gasteiger partial charge in [-0.25, -0.2) is 9.78 Å². The molecule has 0 unspecified atom stereocenters. The fourth-order valence-electron chi connectivity index (χ4n) is 1.93. The van der Waals surface area contributed by atoms with Crippen LogP contribution in [0.1, 0.15) is 30.7 Å². The zero-order valence-corrected chi connectivity index (χ0v) is 13.2. The lowest BCUT2D eigenvalue weighted by molar-refractivity contribution is -0.254. The Bertz CT molecular complexity index is 769. The average Bonchev–Trinajstić information content (AvgIpc) is 2.87. The van der Waals surface area contributed by atoms with Crippen molar-refractivity contribution in [3.8, 4) is 0 Å². The Hall–Kier alpha value is -2.74. The standard InChI is InChI=1S/C15H14N2O5S/c1-8-13(14(19)20)23-12(16-8)7-11(18)17-10-6-4-3-5-9(10)15(21)22-2/h3-6H,7H2,1-2H3,(H,17,18)(H,19,20)/p-1. The second kappa shape index (κ2) is 7.01. The second-order valence-electron chi connectivity index (χ2n) is 4.57. The predicted molar refractivity (Wildman–Crippen MR) is 81.3 cm³/mol. The molecule has 1 aromatic heterocycles. The van der Waals surface area contributed by atoms with E-state index in [4.69, 9.17) is 0 Å². The summed E-state index contributed by atoms with van der Waals surface area (Å²) in [4.78, 5) is 38.6. The van der Waals surface area contributed by atoms with Gasteiger partial charge in [-0.3, -0.25) is 4.79 Å². The Morgan fingerprint density at radius 1 is 1.30 bits per heavy atom. The lowest BCUT2D eigenvalue weighted by atomic mass is 10.1. The van der Waals surface area contributed by atoms with Crippen molar-refractivity contribution in [1.29, 1.82) is 0 Å². The molecule has 0 fully saturated rings.